The first-order valence-corrected chi connectivity index (χ1v) is 5.28. The fourth-order valence-electron chi connectivity index (χ4n) is 1.50. The topological polar surface area (TPSA) is 35.2 Å². The van der Waals surface area contributed by atoms with Crippen LogP contribution in [-0.4, -0.2) is 7.11 Å². The number of hydrogen-bond donors (Lipinski definition) is 1. The lowest BCUT2D eigenvalue weighted by Gasteiger charge is -2.12. The Morgan fingerprint density at radius 3 is 2.80 bits per heavy atom. The van der Waals surface area contributed by atoms with E-state index < -0.39 is 0 Å². The van der Waals surface area contributed by atoms with Gasteiger partial charge in [0.2, 0.25) is 0 Å². The number of nitrogens with two attached hydrogens (primary N) is 1. The first-order valence-electron chi connectivity index (χ1n) is 5.28. The molecule has 84 valence electrons. The number of halogens is 1. The number of unbranched alkanes of at least 4 members (excludes halogenated alkanes) is 1. The number of benzene rings is 1. The van der Waals surface area contributed by atoms with Crippen LogP contribution in [0.25, 0.3) is 0 Å². The average Bonchev–Trinajstić information content (AvgIpc) is 2.26. The second-order valence-corrected chi connectivity index (χ2v) is 3.64. The molecular weight excluding hydrogens is 193 g/mol. The van der Waals surface area contributed by atoms with Crippen molar-refractivity contribution in [2.75, 3.05) is 7.11 Å². The predicted octanol–water partition coefficient (Wildman–Crippen LogP) is 3.02. The Morgan fingerprint density at radius 2 is 2.20 bits per heavy atom. The van der Waals surface area contributed by atoms with Crippen LogP contribution in [0.5, 0.6) is 5.75 Å². The van der Waals surface area contributed by atoms with Crippen molar-refractivity contribution >= 4 is 0 Å². The molecule has 3 heteroatoms. The number of ether oxygens (including phenoxy) is 1. The molecule has 1 unspecified atom stereocenters. The summed E-state index contributed by atoms with van der Waals surface area (Å²) < 4.78 is 18.0. The molecule has 1 aromatic rings. The van der Waals surface area contributed by atoms with Crippen molar-refractivity contribution < 1.29 is 9.13 Å². The van der Waals surface area contributed by atoms with Crippen molar-refractivity contribution in [3.63, 3.8) is 0 Å². The van der Waals surface area contributed by atoms with Gasteiger partial charge < -0.3 is 10.5 Å². The SMILES string of the molecule is CCCCC(N)c1ccc(F)c(OC)c1. The Morgan fingerprint density at radius 1 is 1.47 bits per heavy atom. The van der Waals surface area contributed by atoms with Gasteiger partial charge in [-0.15, -0.1) is 0 Å². The Hall–Kier alpha value is -1.09. The molecule has 15 heavy (non-hydrogen) atoms. The highest BCUT2D eigenvalue weighted by molar-refractivity contribution is 5.31. The molecule has 1 aromatic carbocycles. The van der Waals surface area contributed by atoms with E-state index in [1.54, 1.807) is 12.1 Å². The highest BCUT2D eigenvalue weighted by Crippen LogP contribution is 2.23. The monoisotopic (exact) mass is 211 g/mol. The molecular formula is C12H18FNO. The van der Waals surface area contributed by atoms with Crippen molar-refractivity contribution in [3.05, 3.63) is 29.6 Å². The van der Waals surface area contributed by atoms with E-state index in [2.05, 4.69) is 6.92 Å². The summed E-state index contributed by atoms with van der Waals surface area (Å²) in [5, 5.41) is 0. The van der Waals surface area contributed by atoms with E-state index in [-0.39, 0.29) is 17.6 Å². The largest absolute Gasteiger partial charge is 0.494 e. The number of rotatable bonds is 5. The fourth-order valence-corrected chi connectivity index (χ4v) is 1.50. The molecule has 0 fully saturated rings. The third kappa shape index (κ3) is 3.20. The molecule has 0 saturated heterocycles. The van der Waals surface area contributed by atoms with Gasteiger partial charge in [-0.1, -0.05) is 25.8 Å². The van der Waals surface area contributed by atoms with Crippen molar-refractivity contribution in [1.29, 1.82) is 0 Å². The highest BCUT2D eigenvalue weighted by atomic mass is 19.1. The molecule has 0 radical (unpaired) electrons. The van der Waals surface area contributed by atoms with Crippen molar-refractivity contribution in [3.8, 4) is 5.75 Å². The summed E-state index contributed by atoms with van der Waals surface area (Å²) in [4.78, 5) is 0. The third-order valence-corrected chi connectivity index (χ3v) is 2.47. The summed E-state index contributed by atoms with van der Waals surface area (Å²) in [6.07, 6.45) is 3.12. The zero-order valence-electron chi connectivity index (χ0n) is 9.29. The van der Waals surface area contributed by atoms with E-state index in [0.29, 0.717) is 0 Å². The van der Waals surface area contributed by atoms with Gasteiger partial charge in [-0.3, -0.25) is 0 Å². The fraction of sp³-hybridized carbons (Fsp3) is 0.500. The van der Waals surface area contributed by atoms with E-state index in [1.165, 1.54) is 13.2 Å². The minimum atomic E-state index is -0.344. The van der Waals surface area contributed by atoms with Crippen LogP contribution < -0.4 is 10.5 Å². The zero-order chi connectivity index (χ0) is 11.3. The lowest BCUT2D eigenvalue weighted by Crippen LogP contribution is -2.10. The molecule has 0 aliphatic rings. The molecule has 0 aromatic heterocycles. The van der Waals surface area contributed by atoms with Gasteiger partial charge in [-0.2, -0.15) is 0 Å². The molecule has 1 atom stereocenters. The van der Waals surface area contributed by atoms with Gasteiger partial charge in [-0.05, 0) is 24.1 Å². The second kappa shape index (κ2) is 5.71. The summed E-state index contributed by atoms with van der Waals surface area (Å²) in [6.45, 7) is 2.12. The minimum absolute atomic E-state index is 0.0283. The van der Waals surface area contributed by atoms with Crippen molar-refractivity contribution in [2.24, 2.45) is 5.73 Å². The first-order chi connectivity index (χ1) is 7.19. The van der Waals surface area contributed by atoms with Gasteiger partial charge >= 0.3 is 0 Å². The maximum atomic E-state index is 13.1. The molecule has 0 aliphatic carbocycles. The standard InChI is InChI=1S/C12H18FNO/c1-3-4-5-11(14)9-6-7-10(13)12(8-9)15-2/h6-8,11H,3-5,14H2,1-2H3. The second-order valence-electron chi connectivity index (χ2n) is 3.64. The van der Waals surface area contributed by atoms with Gasteiger partial charge in [0.25, 0.3) is 0 Å². The van der Waals surface area contributed by atoms with Crippen LogP contribution in [0.1, 0.15) is 37.8 Å². The van der Waals surface area contributed by atoms with Crippen molar-refractivity contribution in [1.82, 2.24) is 0 Å². The van der Waals surface area contributed by atoms with E-state index in [9.17, 15) is 4.39 Å². The van der Waals surface area contributed by atoms with Crippen LogP contribution >= 0.6 is 0 Å². The molecule has 0 bridgehead atoms. The Kier molecular flexibility index (Phi) is 4.56. The Labute approximate surface area is 90.2 Å². The van der Waals surface area contributed by atoms with Crippen LogP contribution in [0.3, 0.4) is 0 Å². The zero-order valence-corrected chi connectivity index (χ0v) is 9.29. The van der Waals surface area contributed by atoms with E-state index >= 15 is 0 Å². The Balaban J connectivity index is 2.76. The molecule has 2 N–H and O–H groups in total. The minimum Gasteiger partial charge on any atom is -0.494 e. The summed E-state index contributed by atoms with van der Waals surface area (Å²) in [5.41, 5.74) is 6.91. The molecule has 0 amide bonds. The van der Waals surface area contributed by atoms with Crippen LogP contribution in [0, 0.1) is 5.82 Å². The van der Waals surface area contributed by atoms with E-state index in [1.807, 2.05) is 0 Å². The molecule has 0 saturated carbocycles. The quantitative estimate of drug-likeness (QED) is 0.812. The molecule has 1 rings (SSSR count). The summed E-state index contributed by atoms with van der Waals surface area (Å²) in [6, 6.07) is 4.77. The maximum absolute atomic E-state index is 13.1. The number of methoxy groups -OCH3 is 1. The summed E-state index contributed by atoms with van der Waals surface area (Å²) in [7, 11) is 1.46. The normalized spacial score (nSPS) is 12.5. The van der Waals surface area contributed by atoms with Crippen LogP contribution in [0.4, 0.5) is 4.39 Å². The molecule has 0 aliphatic heterocycles. The lowest BCUT2D eigenvalue weighted by atomic mass is 10.0. The molecule has 0 heterocycles. The van der Waals surface area contributed by atoms with Crippen molar-refractivity contribution in [2.45, 2.75) is 32.2 Å². The van der Waals surface area contributed by atoms with Gasteiger partial charge in [0.05, 0.1) is 7.11 Å². The van der Waals surface area contributed by atoms with Gasteiger partial charge in [-0.25, -0.2) is 4.39 Å². The van der Waals surface area contributed by atoms with Crippen LogP contribution in [0.15, 0.2) is 18.2 Å². The van der Waals surface area contributed by atoms with E-state index in [0.717, 1.165) is 24.8 Å². The smallest absolute Gasteiger partial charge is 0.165 e. The van der Waals surface area contributed by atoms with Gasteiger partial charge in [0.15, 0.2) is 11.6 Å². The highest BCUT2D eigenvalue weighted by Gasteiger charge is 2.09. The predicted molar refractivity (Wildman–Crippen MR) is 59.4 cm³/mol. The molecule has 0 spiro atoms. The Bertz CT molecular complexity index is 314. The molecule has 2 nitrogen and oxygen atoms in total. The lowest BCUT2D eigenvalue weighted by molar-refractivity contribution is 0.385. The van der Waals surface area contributed by atoms with Gasteiger partial charge in [0.1, 0.15) is 0 Å². The van der Waals surface area contributed by atoms with Crippen LogP contribution in [0.2, 0.25) is 0 Å². The summed E-state index contributed by atoms with van der Waals surface area (Å²) >= 11 is 0. The maximum Gasteiger partial charge on any atom is 0.165 e. The third-order valence-electron chi connectivity index (χ3n) is 2.47. The number of hydrogen-bond acceptors (Lipinski definition) is 2. The van der Waals surface area contributed by atoms with E-state index in [4.69, 9.17) is 10.5 Å². The first kappa shape index (κ1) is 12.0. The van der Waals surface area contributed by atoms with Crippen LogP contribution in [-0.2, 0) is 0 Å². The van der Waals surface area contributed by atoms with Gasteiger partial charge in [0, 0.05) is 6.04 Å². The average molecular weight is 211 g/mol. The summed E-state index contributed by atoms with van der Waals surface area (Å²) in [5.74, 6) is -0.0802.